The molecule has 4 nitrogen and oxygen atoms in total. The van der Waals surface area contributed by atoms with Gasteiger partial charge in [0.15, 0.2) is 6.10 Å². The molecule has 1 heterocycles. The Morgan fingerprint density at radius 1 is 1.19 bits per heavy atom. The van der Waals surface area contributed by atoms with Gasteiger partial charge in [0.2, 0.25) is 5.78 Å². The zero-order valence-corrected chi connectivity index (χ0v) is 11.9. The van der Waals surface area contributed by atoms with E-state index >= 15 is 0 Å². The van der Waals surface area contributed by atoms with Crippen molar-refractivity contribution in [2.45, 2.75) is 19.1 Å². The number of methoxy groups -OCH3 is 1. The lowest BCUT2D eigenvalue weighted by Gasteiger charge is -2.08. The molecule has 0 aliphatic carbocycles. The maximum Gasteiger partial charge on any atom is 0.202 e. The Balaban J connectivity index is 1.84. The van der Waals surface area contributed by atoms with Crippen molar-refractivity contribution in [2.75, 3.05) is 7.11 Å². The van der Waals surface area contributed by atoms with Gasteiger partial charge >= 0.3 is 0 Å². The van der Waals surface area contributed by atoms with Crippen LogP contribution in [0.1, 0.15) is 27.6 Å². The molecular formula is C17H16O4. The number of benzene rings is 2. The highest BCUT2D eigenvalue weighted by molar-refractivity contribution is 6.05. The van der Waals surface area contributed by atoms with Gasteiger partial charge in [0, 0.05) is 0 Å². The molecule has 21 heavy (non-hydrogen) atoms. The van der Waals surface area contributed by atoms with E-state index < -0.39 is 6.10 Å². The van der Waals surface area contributed by atoms with Crippen molar-refractivity contribution < 1.29 is 19.4 Å². The third kappa shape index (κ3) is 2.50. The van der Waals surface area contributed by atoms with Crippen molar-refractivity contribution in [2.24, 2.45) is 0 Å². The molecule has 0 bridgehead atoms. The van der Waals surface area contributed by atoms with Gasteiger partial charge in [-0.2, -0.15) is 0 Å². The summed E-state index contributed by atoms with van der Waals surface area (Å²) in [5.74, 6) is 0.0196. The largest absolute Gasteiger partial charge is 0.507 e. The average Bonchev–Trinajstić information content (AvgIpc) is 3.27. The Morgan fingerprint density at radius 2 is 1.90 bits per heavy atom. The zero-order valence-electron chi connectivity index (χ0n) is 11.9. The summed E-state index contributed by atoms with van der Waals surface area (Å²) in [6.07, 6.45) is -0.808. The fourth-order valence-corrected chi connectivity index (χ4v) is 2.40. The molecule has 0 unspecified atom stereocenters. The summed E-state index contributed by atoms with van der Waals surface area (Å²) in [6, 6.07) is 12.6. The molecule has 1 aliphatic heterocycles. The Labute approximate surface area is 122 Å². The fourth-order valence-electron chi connectivity index (χ4n) is 2.40. The van der Waals surface area contributed by atoms with Gasteiger partial charge in [0.25, 0.3) is 0 Å². The smallest absolute Gasteiger partial charge is 0.202 e. The molecule has 1 fully saturated rings. The number of epoxide rings is 1. The van der Waals surface area contributed by atoms with Crippen molar-refractivity contribution in [3.8, 4) is 11.5 Å². The first kappa shape index (κ1) is 13.6. The fraction of sp³-hybridized carbons (Fsp3) is 0.235. The third-order valence-corrected chi connectivity index (χ3v) is 3.63. The summed E-state index contributed by atoms with van der Waals surface area (Å²) in [7, 11) is 1.47. The summed E-state index contributed by atoms with van der Waals surface area (Å²) < 4.78 is 10.6. The minimum atomic E-state index is -0.560. The molecule has 3 rings (SSSR count). The van der Waals surface area contributed by atoms with Crippen LogP contribution in [0.4, 0.5) is 0 Å². The molecule has 0 spiro atoms. The third-order valence-electron chi connectivity index (χ3n) is 3.63. The number of ketones is 1. The number of hydrogen-bond donors (Lipinski definition) is 1. The van der Waals surface area contributed by atoms with Crippen LogP contribution in [0.5, 0.6) is 11.5 Å². The molecule has 2 atom stereocenters. The second kappa shape index (κ2) is 5.22. The van der Waals surface area contributed by atoms with Crippen molar-refractivity contribution >= 4 is 5.78 Å². The summed E-state index contributed by atoms with van der Waals surface area (Å²) in [6.45, 7) is 2.01. The lowest BCUT2D eigenvalue weighted by Crippen LogP contribution is -2.10. The van der Waals surface area contributed by atoms with Gasteiger partial charge in [0.05, 0.1) is 7.11 Å². The van der Waals surface area contributed by atoms with Gasteiger partial charge in [0.1, 0.15) is 23.2 Å². The molecule has 2 aromatic carbocycles. The number of aromatic hydroxyl groups is 1. The van der Waals surface area contributed by atoms with E-state index in [-0.39, 0.29) is 23.2 Å². The Bertz CT molecular complexity index is 676. The average molecular weight is 284 g/mol. The van der Waals surface area contributed by atoms with E-state index in [2.05, 4.69) is 0 Å². The lowest BCUT2D eigenvalue weighted by molar-refractivity contribution is 0.0948. The van der Waals surface area contributed by atoms with Crippen LogP contribution in [0.25, 0.3) is 0 Å². The predicted molar refractivity (Wildman–Crippen MR) is 77.8 cm³/mol. The van der Waals surface area contributed by atoms with E-state index in [1.54, 1.807) is 12.1 Å². The predicted octanol–water partition coefficient (Wildman–Crippen LogP) is 3.03. The Hall–Kier alpha value is -2.33. The quantitative estimate of drug-likeness (QED) is 0.692. The zero-order chi connectivity index (χ0) is 15.0. The van der Waals surface area contributed by atoms with E-state index in [0.717, 1.165) is 11.1 Å². The normalized spacial score (nSPS) is 20.1. The lowest BCUT2D eigenvalue weighted by atomic mass is 10.0. The van der Waals surface area contributed by atoms with Crippen LogP contribution in [0.15, 0.2) is 42.5 Å². The second-order valence-corrected chi connectivity index (χ2v) is 5.11. The molecule has 1 N–H and O–H groups in total. The molecule has 0 radical (unpaired) electrons. The number of carbonyl (C=O) groups is 1. The van der Waals surface area contributed by atoms with Crippen molar-refractivity contribution in [1.29, 1.82) is 0 Å². The van der Waals surface area contributed by atoms with Gasteiger partial charge in [-0.05, 0) is 24.6 Å². The number of phenolic OH excluding ortho intramolecular Hbond substituents is 1. The summed E-state index contributed by atoms with van der Waals surface area (Å²) >= 11 is 0. The molecular weight excluding hydrogens is 268 g/mol. The SMILES string of the molecule is COc1cccc(O)c1C(=O)[C@H]1O[C@@H]1c1ccc(C)cc1. The molecule has 108 valence electrons. The summed E-state index contributed by atoms with van der Waals surface area (Å²) in [5.41, 5.74) is 2.30. The molecule has 0 saturated carbocycles. The Morgan fingerprint density at radius 3 is 2.57 bits per heavy atom. The number of hydrogen-bond acceptors (Lipinski definition) is 4. The first-order valence-corrected chi connectivity index (χ1v) is 6.74. The monoisotopic (exact) mass is 284 g/mol. The van der Waals surface area contributed by atoms with Gasteiger partial charge in [-0.1, -0.05) is 35.9 Å². The molecule has 1 aliphatic rings. The van der Waals surface area contributed by atoms with Crippen molar-refractivity contribution in [3.63, 3.8) is 0 Å². The van der Waals surface area contributed by atoms with Crippen LogP contribution in [0, 0.1) is 6.92 Å². The van der Waals surface area contributed by atoms with Crippen molar-refractivity contribution in [1.82, 2.24) is 0 Å². The van der Waals surface area contributed by atoms with E-state index in [9.17, 15) is 9.90 Å². The molecule has 4 heteroatoms. The van der Waals surface area contributed by atoms with Gasteiger partial charge in [-0.25, -0.2) is 0 Å². The van der Waals surface area contributed by atoms with E-state index in [4.69, 9.17) is 9.47 Å². The van der Waals surface area contributed by atoms with Crippen LogP contribution in [-0.4, -0.2) is 24.1 Å². The number of phenols is 1. The van der Waals surface area contributed by atoms with Gasteiger partial charge < -0.3 is 14.6 Å². The highest BCUT2D eigenvalue weighted by Gasteiger charge is 2.47. The second-order valence-electron chi connectivity index (χ2n) is 5.11. The molecule has 2 aromatic rings. The first-order chi connectivity index (χ1) is 10.1. The summed E-state index contributed by atoms with van der Waals surface area (Å²) in [4.78, 5) is 12.5. The van der Waals surface area contributed by atoms with Crippen LogP contribution in [-0.2, 0) is 4.74 Å². The number of rotatable bonds is 4. The minimum absolute atomic E-state index is 0.0856. The topological polar surface area (TPSA) is 59.1 Å². The van der Waals surface area contributed by atoms with Crippen molar-refractivity contribution in [3.05, 3.63) is 59.2 Å². The van der Waals surface area contributed by atoms with E-state index in [1.165, 1.54) is 13.2 Å². The van der Waals surface area contributed by atoms with Gasteiger partial charge in [-0.3, -0.25) is 4.79 Å². The van der Waals surface area contributed by atoms with Crippen LogP contribution in [0.3, 0.4) is 0 Å². The number of aryl methyl sites for hydroxylation is 1. The molecule has 1 saturated heterocycles. The number of Topliss-reactive ketones (excluding diaryl/α,β-unsaturated/α-hetero) is 1. The Kier molecular flexibility index (Phi) is 3.39. The van der Waals surface area contributed by atoms with Crippen LogP contribution < -0.4 is 4.74 Å². The highest BCUT2D eigenvalue weighted by Crippen LogP contribution is 2.43. The minimum Gasteiger partial charge on any atom is -0.507 e. The number of ether oxygens (including phenoxy) is 2. The first-order valence-electron chi connectivity index (χ1n) is 6.74. The van der Waals surface area contributed by atoms with Crippen LogP contribution >= 0.6 is 0 Å². The highest BCUT2D eigenvalue weighted by atomic mass is 16.6. The molecule has 0 aromatic heterocycles. The van der Waals surface area contributed by atoms with Crippen LogP contribution in [0.2, 0.25) is 0 Å². The maximum absolute atomic E-state index is 12.5. The van der Waals surface area contributed by atoms with Gasteiger partial charge in [-0.15, -0.1) is 0 Å². The maximum atomic E-state index is 12.5. The standard InChI is InChI=1S/C17H16O4/c1-10-6-8-11(9-7-10)16-17(21-16)15(19)14-12(18)4-3-5-13(14)20-2/h3-9,16-18H,1-2H3/t16-,17-/m1/s1. The van der Waals surface area contributed by atoms with E-state index in [0.29, 0.717) is 5.75 Å². The number of carbonyl (C=O) groups excluding carboxylic acids is 1. The van der Waals surface area contributed by atoms with E-state index in [1.807, 2.05) is 31.2 Å². The molecule has 0 amide bonds. The summed E-state index contributed by atoms with van der Waals surface area (Å²) in [5, 5.41) is 9.91.